The molecule has 0 spiro atoms. The summed E-state index contributed by atoms with van der Waals surface area (Å²) in [5.74, 6) is 2.05. The first-order chi connectivity index (χ1) is 16.0. The molecule has 0 aliphatic rings. The minimum absolute atomic E-state index is 0.456. The Labute approximate surface area is 205 Å². The smallest absolute Gasteiger partial charge is 0.214 e. The summed E-state index contributed by atoms with van der Waals surface area (Å²) < 4.78 is 15.1. The lowest BCUT2D eigenvalue weighted by atomic mass is 10.1. The zero-order valence-electron chi connectivity index (χ0n) is 18.3. The molecule has 33 heavy (non-hydrogen) atoms. The molecule has 2 N–H and O–H groups in total. The summed E-state index contributed by atoms with van der Waals surface area (Å²) >= 11 is 9.06. The van der Waals surface area contributed by atoms with Crippen molar-refractivity contribution in [1.82, 2.24) is 19.9 Å². The second-order valence-electron chi connectivity index (χ2n) is 7.37. The average Bonchev–Trinajstić information content (AvgIpc) is 3.18. The number of hydrogen-bond acceptors (Lipinski definition) is 6. The van der Waals surface area contributed by atoms with Gasteiger partial charge in [-0.15, -0.1) is 0 Å². The lowest BCUT2D eigenvalue weighted by Crippen LogP contribution is -2.16. The Hall–Kier alpha value is -3.17. The van der Waals surface area contributed by atoms with Crippen LogP contribution in [-0.4, -0.2) is 26.5 Å². The molecular formula is C24H24BrN5O2S. The molecule has 7 nitrogen and oxygen atoms in total. The summed E-state index contributed by atoms with van der Waals surface area (Å²) in [6.07, 6.45) is 3.44. The van der Waals surface area contributed by atoms with E-state index in [2.05, 4.69) is 61.7 Å². The lowest BCUT2D eigenvalue weighted by Gasteiger charge is -2.17. The van der Waals surface area contributed by atoms with Crippen molar-refractivity contribution in [3.8, 4) is 22.9 Å². The molecule has 4 aromatic rings. The highest BCUT2D eigenvalue weighted by atomic mass is 79.9. The fraction of sp³-hybridized carbons (Fsp3) is 0.208. The Morgan fingerprint density at radius 2 is 1.91 bits per heavy atom. The summed E-state index contributed by atoms with van der Waals surface area (Å²) in [4.78, 5) is 4.06. The summed E-state index contributed by atoms with van der Waals surface area (Å²) in [6, 6.07) is 16.0. The van der Waals surface area contributed by atoms with E-state index < -0.39 is 0 Å². The van der Waals surface area contributed by atoms with Crippen molar-refractivity contribution in [2.24, 2.45) is 0 Å². The van der Waals surface area contributed by atoms with Gasteiger partial charge in [0.15, 0.2) is 17.3 Å². The van der Waals surface area contributed by atoms with Gasteiger partial charge in [0.1, 0.15) is 6.61 Å². The second kappa shape index (κ2) is 10.6. The van der Waals surface area contributed by atoms with Gasteiger partial charge in [-0.3, -0.25) is 4.98 Å². The van der Waals surface area contributed by atoms with Crippen molar-refractivity contribution >= 4 is 28.1 Å². The molecule has 2 aromatic heterocycles. The molecule has 0 aliphatic carbocycles. The predicted molar refractivity (Wildman–Crippen MR) is 135 cm³/mol. The maximum Gasteiger partial charge on any atom is 0.214 e. The quantitative estimate of drug-likeness (QED) is 0.269. The summed E-state index contributed by atoms with van der Waals surface area (Å²) in [6.45, 7) is 5.51. The molecule has 0 aliphatic heterocycles. The van der Waals surface area contributed by atoms with E-state index in [1.54, 1.807) is 17.1 Å². The highest BCUT2D eigenvalue weighted by Crippen LogP contribution is 2.37. The molecule has 4 rings (SSSR count). The van der Waals surface area contributed by atoms with Gasteiger partial charge in [0.25, 0.3) is 0 Å². The van der Waals surface area contributed by atoms with E-state index in [4.69, 9.17) is 21.7 Å². The molecule has 170 valence electrons. The van der Waals surface area contributed by atoms with Gasteiger partial charge in [-0.2, -0.15) is 5.10 Å². The van der Waals surface area contributed by atoms with Crippen LogP contribution in [0.2, 0.25) is 0 Å². The first-order valence-electron chi connectivity index (χ1n) is 10.5. The van der Waals surface area contributed by atoms with Crippen molar-refractivity contribution < 1.29 is 9.47 Å². The monoisotopic (exact) mass is 525 g/mol. The molecule has 2 aromatic carbocycles. The average molecular weight is 526 g/mol. The van der Waals surface area contributed by atoms with Gasteiger partial charge >= 0.3 is 0 Å². The van der Waals surface area contributed by atoms with Crippen molar-refractivity contribution in [3.63, 3.8) is 0 Å². The number of nitrogens with one attached hydrogen (secondary N) is 2. The van der Waals surface area contributed by atoms with Crippen molar-refractivity contribution in [2.75, 3.05) is 12.0 Å². The van der Waals surface area contributed by atoms with Crippen molar-refractivity contribution in [2.45, 2.75) is 27.0 Å². The fourth-order valence-electron chi connectivity index (χ4n) is 3.39. The van der Waals surface area contributed by atoms with Crippen LogP contribution in [0.4, 0.5) is 0 Å². The topological polar surface area (TPSA) is 77.0 Å². The number of hydrogen-bond donors (Lipinski definition) is 2. The molecule has 2 heterocycles. The Morgan fingerprint density at radius 3 is 2.67 bits per heavy atom. The normalized spacial score (nSPS) is 10.8. The number of rotatable bonds is 9. The van der Waals surface area contributed by atoms with E-state index in [1.807, 2.05) is 37.3 Å². The third-order valence-corrected chi connectivity index (χ3v) is 5.75. The molecule has 0 fully saturated rings. The fourth-order valence-corrected chi connectivity index (χ4v) is 4.19. The van der Waals surface area contributed by atoms with Gasteiger partial charge in [-0.1, -0.05) is 29.8 Å². The molecular weight excluding hydrogens is 502 g/mol. The van der Waals surface area contributed by atoms with E-state index in [1.165, 1.54) is 5.56 Å². The Kier molecular flexibility index (Phi) is 7.41. The molecule has 9 heteroatoms. The Morgan fingerprint density at radius 1 is 1.09 bits per heavy atom. The zero-order valence-corrected chi connectivity index (χ0v) is 20.7. The number of aromatic nitrogens is 4. The van der Waals surface area contributed by atoms with Crippen LogP contribution in [0.3, 0.4) is 0 Å². The van der Waals surface area contributed by atoms with Gasteiger partial charge in [0, 0.05) is 18.0 Å². The van der Waals surface area contributed by atoms with E-state index in [0.717, 1.165) is 21.2 Å². The van der Waals surface area contributed by atoms with E-state index in [-0.39, 0.29) is 0 Å². The molecule has 0 radical (unpaired) electrons. The first-order valence-corrected chi connectivity index (χ1v) is 11.7. The maximum absolute atomic E-state index is 6.13. The van der Waals surface area contributed by atoms with Crippen LogP contribution >= 0.6 is 28.1 Å². The number of nitrogens with zero attached hydrogens (tertiary/aromatic N) is 3. The van der Waals surface area contributed by atoms with Crippen LogP contribution in [0.15, 0.2) is 65.4 Å². The first kappa shape index (κ1) is 23.0. The van der Waals surface area contributed by atoms with Crippen LogP contribution in [0, 0.1) is 11.7 Å². The molecule has 0 atom stereocenters. The van der Waals surface area contributed by atoms with Gasteiger partial charge in [0.2, 0.25) is 4.77 Å². The third kappa shape index (κ3) is 5.61. The number of ether oxygens (including phenoxy) is 2. The Bertz CT molecular complexity index is 1290. The minimum Gasteiger partial charge on any atom is -0.490 e. The molecule has 0 unspecified atom stereocenters. The van der Waals surface area contributed by atoms with E-state index in [9.17, 15) is 0 Å². The van der Waals surface area contributed by atoms with Gasteiger partial charge in [-0.05, 0) is 77.4 Å². The summed E-state index contributed by atoms with van der Waals surface area (Å²) in [7, 11) is 0. The highest BCUT2D eigenvalue weighted by molar-refractivity contribution is 9.10. The number of H-pyrrole nitrogens is 1. The SMILES string of the molecule is CCOc1cc(CNn2c(-c3ccncc3)n[nH]c2=S)cc(Br)c1OCc1cccc(C)c1. The van der Waals surface area contributed by atoms with Crippen LogP contribution in [0.5, 0.6) is 11.5 Å². The maximum atomic E-state index is 6.13. The predicted octanol–water partition coefficient (Wildman–Crippen LogP) is 5.80. The van der Waals surface area contributed by atoms with Crippen LogP contribution in [-0.2, 0) is 13.2 Å². The van der Waals surface area contributed by atoms with Crippen molar-refractivity contribution in [3.05, 3.63) is 86.9 Å². The molecule has 0 saturated heterocycles. The minimum atomic E-state index is 0.456. The van der Waals surface area contributed by atoms with Gasteiger partial charge in [-0.25, -0.2) is 9.77 Å². The van der Waals surface area contributed by atoms with E-state index >= 15 is 0 Å². The summed E-state index contributed by atoms with van der Waals surface area (Å²) in [5.41, 5.74) is 7.54. The molecule has 0 saturated carbocycles. The third-order valence-electron chi connectivity index (χ3n) is 4.89. The lowest BCUT2D eigenvalue weighted by molar-refractivity contribution is 0.267. The number of pyridine rings is 1. The van der Waals surface area contributed by atoms with Crippen LogP contribution < -0.4 is 14.9 Å². The highest BCUT2D eigenvalue weighted by Gasteiger charge is 2.14. The van der Waals surface area contributed by atoms with Gasteiger partial charge in [0.05, 0.1) is 17.6 Å². The van der Waals surface area contributed by atoms with Gasteiger partial charge < -0.3 is 14.9 Å². The standard InChI is InChI=1S/C24H24BrN5O2S/c1-3-31-21-13-18(12-20(25)22(21)32-15-17-6-4-5-16(2)11-17)14-27-30-23(28-29-24(30)33)19-7-9-26-10-8-19/h4-13,27H,3,14-15H2,1-2H3,(H,29,33). The summed E-state index contributed by atoms with van der Waals surface area (Å²) in [5, 5.41) is 7.18. The van der Waals surface area contributed by atoms with E-state index in [0.29, 0.717) is 41.9 Å². The largest absolute Gasteiger partial charge is 0.490 e. The number of aromatic amines is 1. The van der Waals surface area contributed by atoms with Crippen LogP contribution in [0.1, 0.15) is 23.6 Å². The van der Waals surface area contributed by atoms with Crippen LogP contribution in [0.25, 0.3) is 11.4 Å². The molecule has 0 bridgehead atoms. The number of halogens is 1. The number of aryl methyl sites for hydroxylation is 1. The number of benzene rings is 2. The zero-order chi connectivity index (χ0) is 23.2. The Balaban J connectivity index is 1.54. The van der Waals surface area contributed by atoms with Crippen molar-refractivity contribution in [1.29, 1.82) is 0 Å². The second-order valence-corrected chi connectivity index (χ2v) is 8.62. The molecule has 0 amide bonds.